The maximum absolute atomic E-state index is 12.4. The summed E-state index contributed by atoms with van der Waals surface area (Å²) in [6.45, 7) is 6.30. The molecular formula is C15H26N2O2S. The van der Waals surface area contributed by atoms with Gasteiger partial charge in [0.05, 0.1) is 4.90 Å². The summed E-state index contributed by atoms with van der Waals surface area (Å²) in [7, 11) is -3.52. The number of aryl methyl sites for hydroxylation is 1. The molecule has 0 heterocycles. The monoisotopic (exact) mass is 298 g/mol. The van der Waals surface area contributed by atoms with Crippen LogP contribution in [0, 0.1) is 0 Å². The average molecular weight is 298 g/mol. The van der Waals surface area contributed by atoms with Gasteiger partial charge in [0.25, 0.3) is 0 Å². The van der Waals surface area contributed by atoms with Gasteiger partial charge in [0.15, 0.2) is 0 Å². The van der Waals surface area contributed by atoms with Crippen LogP contribution in [-0.4, -0.2) is 20.5 Å². The zero-order chi connectivity index (χ0) is 15.2. The molecule has 0 unspecified atom stereocenters. The van der Waals surface area contributed by atoms with Gasteiger partial charge in [-0.05, 0) is 37.0 Å². The molecule has 20 heavy (non-hydrogen) atoms. The molecule has 0 aliphatic rings. The lowest BCUT2D eigenvalue weighted by Gasteiger charge is -2.31. The minimum atomic E-state index is -3.52. The maximum atomic E-state index is 12.4. The standard InChI is InChI=1S/C15H26N2O2S/c1-4-7-13-8-10-14(11-9-13)20(18,19)17-15(5-2,6-3)12-16/h8-11,17H,4-7,12,16H2,1-3H3. The summed E-state index contributed by atoms with van der Waals surface area (Å²) in [5.74, 6) is 0. The molecule has 0 aliphatic heterocycles. The Kier molecular flexibility index (Phi) is 6.17. The van der Waals surface area contributed by atoms with Crippen molar-refractivity contribution in [1.82, 2.24) is 4.72 Å². The van der Waals surface area contributed by atoms with E-state index in [1.165, 1.54) is 0 Å². The highest BCUT2D eigenvalue weighted by molar-refractivity contribution is 7.89. The first-order valence-corrected chi connectivity index (χ1v) is 8.74. The average Bonchev–Trinajstić information content (AvgIpc) is 2.46. The largest absolute Gasteiger partial charge is 0.329 e. The summed E-state index contributed by atoms with van der Waals surface area (Å²) in [5, 5.41) is 0. The van der Waals surface area contributed by atoms with Gasteiger partial charge in [-0.1, -0.05) is 39.3 Å². The summed E-state index contributed by atoms with van der Waals surface area (Å²) < 4.78 is 27.6. The van der Waals surface area contributed by atoms with Crippen molar-refractivity contribution in [3.63, 3.8) is 0 Å². The van der Waals surface area contributed by atoms with Gasteiger partial charge in [0.1, 0.15) is 0 Å². The Morgan fingerprint density at radius 1 is 1.10 bits per heavy atom. The van der Waals surface area contributed by atoms with E-state index in [4.69, 9.17) is 5.73 Å². The lowest BCUT2D eigenvalue weighted by molar-refractivity contribution is 0.363. The van der Waals surface area contributed by atoms with Crippen LogP contribution in [0.4, 0.5) is 0 Å². The van der Waals surface area contributed by atoms with Crippen molar-refractivity contribution >= 4 is 10.0 Å². The van der Waals surface area contributed by atoms with Crippen molar-refractivity contribution in [3.8, 4) is 0 Å². The first-order valence-electron chi connectivity index (χ1n) is 7.26. The molecule has 4 nitrogen and oxygen atoms in total. The molecule has 1 rings (SSSR count). The smallest absolute Gasteiger partial charge is 0.241 e. The third-order valence-corrected chi connectivity index (χ3v) is 5.46. The fraction of sp³-hybridized carbons (Fsp3) is 0.600. The number of sulfonamides is 1. The quantitative estimate of drug-likeness (QED) is 0.774. The summed E-state index contributed by atoms with van der Waals surface area (Å²) in [6, 6.07) is 7.08. The van der Waals surface area contributed by atoms with Gasteiger partial charge in [-0.15, -0.1) is 0 Å². The van der Waals surface area contributed by atoms with Crippen LogP contribution in [-0.2, 0) is 16.4 Å². The van der Waals surface area contributed by atoms with Gasteiger partial charge >= 0.3 is 0 Å². The first-order chi connectivity index (χ1) is 9.43. The van der Waals surface area contributed by atoms with Crippen molar-refractivity contribution in [2.75, 3.05) is 6.54 Å². The zero-order valence-electron chi connectivity index (χ0n) is 12.6. The van der Waals surface area contributed by atoms with Gasteiger partial charge in [0.2, 0.25) is 10.0 Å². The van der Waals surface area contributed by atoms with Crippen LogP contribution in [0.3, 0.4) is 0 Å². The molecule has 0 fully saturated rings. The Balaban J connectivity index is 2.98. The fourth-order valence-corrected chi connectivity index (χ4v) is 3.75. The highest BCUT2D eigenvalue weighted by Crippen LogP contribution is 2.19. The van der Waals surface area contributed by atoms with Gasteiger partial charge in [-0.3, -0.25) is 0 Å². The molecule has 0 spiro atoms. The maximum Gasteiger partial charge on any atom is 0.241 e. The normalized spacial score (nSPS) is 12.6. The lowest BCUT2D eigenvalue weighted by atomic mass is 9.95. The van der Waals surface area contributed by atoms with Crippen LogP contribution in [0.2, 0.25) is 0 Å². The summed E-state index contributed by atoms with van der Waals surface area (Å²) in [5.41, 5.74) is 6.35. The van der Waals surface area contributed by atoms with E-state index in [1.807, 2.05) is 26.0 Å². The van der Waals surface area contributed by atoms with Gasteiger partial charge in [-0.2, -0.15) is 0 Å². The summed E-state index contributed by atoms with van der Waals surface area (Å²) in [4.78, 5) is 0.303. The number of hydrogen-bond acceptors (Lipinski definition) is 3. The van der Waals surface area contributed by atoms with Gasteiger partial charge in [0, 0.05) is 12.1 Å². The molecule has 1 aromatic carbocycles. The fourth-order valence-electron chi connectivity index (χ4n) is 2.19. The minimum Gasteiger partial charge on any atom is -0.329 e. The number of hydrogen-bond donors (Lipinski definition) is 2. The van der Waals surface area contributed by atoms with Crippen LogP contribution in [0.1, 0.15) is 45.6 Å². The molecule has 0 bridgehead atoms. The van der Waals surface area contributed by atoms with E-state index < -0.39 is 15.6 Å². The molecule has 0 radical (unpaired) electrons. The van der Waals surface area contributed by atoms with E-state index >= 15 is 0 Å². The second-order valence-corrected chi connectivity index (χ2v) is 6.87. The van der Waals surface area contributed by atoms with Crippen molar-refractivity contribution in [1.29, 1.82) is 0 Å². The molecule has 0 atom stereocenters. The molecule has 0 saturated carbocycles. The van der Waals surface area contributed by atoms with E-state index in [2.05, 4.69) is 11.6 Å². The number of nitrogens with one attached hydrogen (secondary N) is 1. The predicted octanol–water partition coefficient (Wildman–Crippen LogP) is 2.43. The van der Waals surface area contributed by atoms with Crippen LogP contribution >= 0.6 is 0 Å². The Bertz CT molecular complexity index is 497. The topological polar surface area (TPSA) is 72.2 Å². The third kappa shape index (κ3) is 4.04. The second-order valence-electron chi connectivity index (χ2n) is 5.19. The van der Waals surface area contributed by atoms with E-state index in [-0.39, 0.29) is 0 Å². The molecule has 0 amide bonds. The molecule has 0 aliphatic carbocycles. The van der Waals surface area contributed by atoms with Crippen LogP contribution in [0.5, 0.6) is 0 Å². The molecule has 5 heteroatoms. The summed E-state index contributed by atoms with van der Waals surface area (Å²) in [6.07, 6.45) is 3.36. The van der Waals surface area contributed by atoms with Gasteiger partial charge < -0.3 is 5.73 Å². The van der Waals surface area contributed by atoms with Crippen molar-refractivity contribution < 1.29 is 8.42 Å². The molecule has 0 saturated heterocycles. The van der Waals surface area contributed by atoms with E-state index in [0.29, 0.717) is 24.3 Å². The Hall–Kier alpha value is -0.910. The first kappa shape index (κ1) is 17.1. The van der Waals surface area contributed by atoms with Crippen molar-refractivity contribution in [3.05, 3.63) is 29.8 Å². The molecule has 114 valence electrons. The number of nitrogens with two attached hydrogens (primary N) is 1. The van der Waals surface area contributed by atoms with Crippen molar-refractivity contribution in [2.24, 2.45) is 5.73 Å². The van der Waals surface area contributed by atoms with Crippen LogP contribution < -0.4 is 10.5 Å². The molecular weight excluding hydrogens is 272 g/mol. The number of benzene rings is 1. The number of rotatable bonds is 8. The van der Waals surface area contributed by atoms with Crippen LogP contribution in [0.25, 0.3) is 0 Å². The zero-order valence-corrected chi connectivity index (χ0v) is 13.5. The van der Waals surface area contributed by atoms with Gasteiger partial charge in [-0.25, -0.2) is 13.1 Å². The van der Waals surface area contributed by atoms with Crippen LogP contribution in [0.15, 0.2) is 29.2 Å². The molecule has 3 N–H and O–H groups in total. The predicted molar refractivity (Wildman–Crippen MR) is 83.1 cm³/mol. The highest BCUT2D eigenvalue weighted by Gasteiger charge is 2.30. The summed E-state index contributed by atoms with van der Waals surface area (Å²) >= 11 is 0. The SMILES string of the molecule is CCCc1ccc(S(=O)(=O)NC(CC)(CC)CN)cc1. The lowest BCUT2D eigenvalue weighted by Crippen LogP contribution is -2.52. The Labute approximate surface area is 122 Å². The second kappa shape index (κ2) is 7.20. The molecule has 0 aromatic heterocycles. The van der Waals surface area contributed by atoms with E-state index in [9.17, 15) is 8.42 Å². The third-order valence-electron chi connectivity index (χ3n) is 3.87. The highest BCUT2D eigenvalue weighted by atomic mass is 32.2. The minimum absolute atomic E-state index is 0.299. The molecule has 1 aromatic rings. The Morgan fingerprint density at radius 3 is 2.05 bits per heavy atom. The Morgan fingerprint density at radius 2 is 1.65 bits per heavy atom. The van der Waals surface area contributed by atoms with Crippen molar-refractivity contribution in [2.45, 2.75) is 56.9 Å². The van der Waals surface area contributed by atoms with E-state index in [0.717, 1.165) is 18.4 Å². The van der Waals surface area contributed by atoms with E-state index in [1.54, 1.807) is 12.1 Å².